The molecule has 2 aromatic rings. The van der Waals surface area contributed by atoms with Crippen molar-refractivity contribution < 1.29 is 29.1 Å². The van der Waals surface area contributed by atoms with Crippen LogP contribution in [0.4, 0.5) is 0 Å². The second kappa shape index (κ2) is 15.4. The van der Waals surface area contributed by atoms with Gasteiger partial charge < -0.3 is 26.4 Å². The summed E-state index contributed by atoms with van der Waals surface area (Å²) in [6, 6.07) is 5.08. The topological polar surface area (TPSA) is 190 Å². The summed E-state index contributed by atoms with van der Waals surface area (Å²) < 4.78 is 1.55. The average molecular weight is 726 g/mol. The Bertz CT molecular complexity index is 1600. The summed E-state index contributed by atoms with van der Waals surface area (Å²) in [5.41, 5.74) is 3.55. The van der Waals surface area contributed by atoms with Gasteiger partial charge in [0, 0.05) is 18.5 Å². The van der Waals surface area contributed by atoms with Crippen molar-refractivity contribution in [3.63, 3.8) is 0 Å². The molecule has 2 saturated carbocycles. The maximum atomic E-state index is 14.8. The molecular weight excluding hydrogens is 671 g/mol. The molecule has 0 spiro atoms. The van der Waals surface area contributed by atoms with Crippen LogP contribution >= 0.6 is 10.0 Å². The van der Waals surface area contributed by atoms with Gasteiger partial charge in [0.1, 0.15) is 28.9 Å². The number of benzene rings is 1. The number of Topliss-reactive ketones (excluding diaryl/α,β-unsaturated/α-hetero) is 1. The maximum Gasteiger partial charge on any atom is 0.287 e. The fourth-order valence-electron chi connectivity index (χ4n) is 7.79. The highest BCUT2D eigenvalue weighted by Crippen LogP contribution is 2.45. The first-order valence-corrected chi connectivity index (χ1v) is 21.0. The van der Waals surface area contributed by atoms with Crippen LogP contribution in [0.2, 0.25) is 0 Å². The number of ketones is 1. The number of likely N-dealkylation sites (tertiary alicyclic amines) is 1. The largest absolute Gasteiger partial charge is 0.384 e. The van der Waals surface area contributed by atoms with Crippen LogP contribution in [-0.2, 0) is 24.8 Å². The standard InChI is InChI=1S/C37H55N7O6S/c1-36(2,50)30-23-44(42-41-30)26-21-29(34(48)40-37(31(45)32(38)46)18-10-7-11-19-37)43(22-26)35(49)28(20-24-12-8-6-9-13-24)39-33(47)25-14-16-27(17-15-25)51(3,4)5/h14-17,23-24,26,28-29,50H,6-13,18-22H2,1-5H3,(H2,38,46)(H,39,47)(H,40,48)/t26-,28+,29-/m0/s1. The third-order valence-corrected chi connectivity index (χ3v) is 12.5. The highest BCUT2D eigenvalue weighted by molar-refractivity contribution is 8.32. The third kappa shape index (κ3) is 9.00. The van der Waals surface area contributed by atoms with Gasteiger partial charge in [0.2, 0.25) is 17.6 Å². The predicted octanol–water partition coefficient (Wildman–Crippen LogP) is 3.34. The summed E-state index contributed by atoms with van der Waals surface area (Å²) in [6.45, 7) is 3.28. The van der Waals surface area contributed by atoms with E-state index in [1.807, 2.05) is 12.1 Å². The van der Waals surface area contributed by atoms with Crippen molar-refractivity contribution >= 4 is 39.4 Å². The fourth-order valence-corrected chi connectivity index (χ4v) is 8.74. The predicted molar refractivity (Wildman–Crippen MR) is 195 cm³/mol. The zero-order valence-corrected chi connectivity index (χ0v) is 31.5. The van der Waals surface area contributed by atoms with E-state index in [0.29, 0.717) is 30.5 Å². The summed E-state index contributed by atoms with van der Waals surface area (Å²) in [5.74, 6) is -3.04. The molecular formula is C37H55N7O6S. The molecule has 2 heterocycles. The average Bonchev–Trinajstić information content (AvgIpc) is 3.77. The van der Waals surface area contributed by atoms with E-state index >= 15 is 0 Å². The van der Waals surface area contributed by atoms with Crippen LogP contribution in [0.25, 0.3) is 0 Å². The highest BCUT2D eigenvalue weighted by atomic mass is 32.3. The van der Waals surface area contributed by atoms with Gasteiger partial charge in [0.15, 0.2) is 0 Å². The molecule has 4 amide bonds. The number of aliphatic hydroxyl groups is 1. The van der Waals surface area contributed by atoms with E-state index in [9.17, 15) is 29.1 Å². The first-order chi connectivity index (χ1) is 24.0. The summed E-state index contributed by atoms with van der Waals surface area (Å²) in [4.78, 5) is 70.7. The minimum absolute atomic E-state index is 0.0858. The molecule has 280 valence electrons. The minimum Gasteiger partial charge on any atom is -0.384 e. The van der Waals surface area contributed by atoms with Gasteiger partial charge in [-0.15, -0.1) is 5.10 Å². The minimum atomic E-state index is -1.44. The Morgan fingerprint density at radius 2 is 1.63 bits per heavy atom. The molecule has 5 rings (SSSR count). The molecule has 1 saturated heterocycles. The molecule has 51 heavy (non-hydrogen) atoms. The summed E-state index contributed by atoms with van der Waals surface area (Å²) in [6.07, 6.45) is 16.6. The Kier molecular flexibility index (Phi) is 11.6. The van der Waals surface area contributed by atoms with E-state index in [2.05, 4.69) is 39.7 Å². The lowest BCUT2D eigenvalue weighted by molar-refractivity contribution is -0.145. The van der Waals surface area contributed by atoms with Crippen LogP contribution in [0.15, 0.2) is 35.4 Å². The number of rotatable bonds is 12. The lowest BCUT2D eigenvalue weighted by Gasteiger charge is -2.38. The van der Waals surface area contributed by atoms with Crippen LogP contribution in [0, 0.1) is 5.92 Å². The SMILES string of the molecule is CC(C)(O)c1cn([C@H]2C[C@@H](C(=O)NC3(C(=O)C(N)=O)CCCCC3)N(C(=O)[C@@H](CC3CCCCC3)NC(=O)c3ccc(S(C)(C)C)cc3)C2)nn1. The number of carbonyl (C=O) groups is 5. The molecule has 2 aliphatic carbocycles. The third-order valence-electron chi connectivity index (χ3n) is 10.8. The Hall–Kier alpha value is -3.78. The summed E-state index contributed by atoms with van der Waals surface area (Å²) >= 11 is 0. The zero-order valence-electron chi connectivity index (χ0n) is 30.7. The number of nitrogens with one attached hydrogen (secondary N) is 2. The quantitative estimate of drug-likeness (QED) is 0.240. The fraction of sp³-hybridized carbons (Fsp3) is 0.649. The van der Waals surface area contributed by atoms with Gasteiger partial charge in [0.25, 0.3) is 11.8 Å². The molecule has 0 bridgehead atoms. The lowest BCUT2D eigenvalue weighted by Crippen LogP contribution is -2.62. The van der Waals surface area contributed by atoms with Crippen LogP contribution < -0.4 is 16.4 Å². The number of nitrogens with two attached hydrogens (primary N) is 1. The molecule has 0 radical (unpaired) electrons. The van der Waals surface area contributed by atoms with Gasteiger partial charge in [-0.3, -0.25) is 24.0 Å². The van der Waals surface area contributed by atoms with E-state index in [1.165, 1.54) is 4.90 Å². The van der Waals surface area contributed by atoms with Crippen molar-refractivity contribution in [3.05, 3.63) is 41.7 Å². The molecule has 1 aromatic carbocycles. The van der Waals surface area contributed by atoms with E-state index < -0.39 is 62.8 Å². The number of nitrogens with zero attached hydrogens (tertiary/aromatic N) is 4. The number of aromatic nitrogens is 3. The first kappa shape index (κ1) is 38.5. The van der Waals surface area contributed by atoms with Gasteiger partial charge >= 0.3 is 0 Å². The number of hydrogen-bond acceptors (Lipinski definition) is 8. The smallest absolute Gasteiger partial charge is 0.287 e. The Morgan fingerprint density at radius 3 is 2.20 bits per heavy atom. The first-order valence-electron chi connectivity index (χ1n) is 18.2. The molecule has 3 aliphatic rings. The van der Waals surface area contributed by atoms with Crippen molar-refractivity contribution in [1.82, 2.24) is 30.5 Å². The Balaban J connectivity index is 1.46. The number of amides is 4. The summed E-state index contributed by atoms with van der Waals surface area (Å²) in [5, 5.41) is 24.8. The molecule has 14 heteroatoms. The van der Waals surface area contributed by atoms with Crippen LogP contribution in [0.3, 0.4) is 0 Å². The van der Waals surface area contributed by atoms with Crippen molar-refractivity contribution in [1.29, 1.82) is 0 Å². The van der Waals surface area contributed by atoms with Crippen LogP contribution in [0.1, 0.15) is 113 Å². The number of primary amides is 1. The van der Waals surface area contributed by atoms with Crippen LogP contribution in [0.5, 0.6) is 0 Å². The summed E-state index contributed by atoms with van der Waals surface area (Å²) in [7, 11) is -0.989. The zero-order chi connectivity index (χ0) is 37.1. The molecule has 1 aliphatic heterocycles. The Morgan fingerprint density at radius 1 is 1.00 bits per heavy atom. The van der Waals surface area contributed by atoms with E-state index in [4.69, 9.17) is 5.73 Å². The maximum absolute atomic E-state index is 14.8. The molecule has 3 fully saturated rings. The second-order valence-electron chi connectivity index (χ2n) is 16.0. The van der Waals surface area contributed by atoms with Crippen molar-refractivity contribution in [3.8, 4) is 0 Å². The molecule has 5 N–H and O–H groups in total. The second-order valence-corrected chi connectivity index (χ2v) is 20.1. The van der Waals surface area contributed by atoms with E-state index in [1.54, 1.807) is 36.9 Å². The van der Waals surface area contributed by atoms with Gasteiger partial charge in [-0.25, -0.2) is 14.7 Å². The Labute approximate surface area is 302 Å². The van der Waals surface area contributed by atoms with Gasteiger partial charge in [-0.05, 0) is 87.0 Å². The van der Waals surface area contributed by atoms with Crippen LogP contribution in [-0.4, -0.2) is 97.3 Å². The molecule has 0 unspecified atom stereocenters. The van der Waals surface area contributed by atoms with Gasteiger partial charge in [-0.2, -0.15) is 0 Å². The van der Waals surface area contributed by atoms with Crippen molar-refractivity contribution in [2.75, 3.05) is 25.3 Å². The molecule has 13 nitrogen and oxygen atoms in total. The monoisotopic (exact) mass is 725 g/mol. The highest BCUT2D eigenvalue weighted by Gasteiger charge is 2.49. The lowest BCUT2D eigenvalue weighted by atomic mass is 9.78. The number of carbonyl (C=O) groups excluding carboxylic acids is 5. The van der Waals surface area contributed by atoms with Crippen molar-refractivity contribution in [2.24, 2.45) is 11.7 Å². The molecule has 3 atom stereocenters. The normalized spacial score (nSPS) is 22.2. The van der Waals surface area contributed by atoms with E-state index in [-0.39, 0.29) is 37.6 Å². The van der Waals surface area contributed by atoms with E-state index in [0.717, 1.165) is 43.4 Å². The van der Waals surface area contributed by atoms with Gasteiger partial charge in [-0.1, -0.05) is 56.6 Å². The van der Waals surface area contributed by atoms with Gasteiger partial charge in [0.05, 0.1) is 12.2 Å². The number of hydrogen-bond donors (Lipinski definition) is 4. The van der Waals surface area contributed by atoms with Crippen molar-refractivity contribution in [2.45, 2.75) is 125 Å². The molecule has 1 aromatic heterocycles.